The van der Waals surface area contributed by atoms with Gasteiger partial charge in [-0.25, -0.2) is 4.39 Å². The summed E-state index contributed by atoms with van der Waals surface area (Å²) in [5, 5.41) is 20.5. The Morgan fingerprint density at radius 3 is 2.28 bits per heavy atom. The Morgan fingerprint density at radius 1 is 1.00 bits per heavy atom. The van der Waals surface area contributed by atoms with Crippen molar-refractivity contribution in [2.45, 2.75) is 63.4 Å². The van der Waals surface area contributed by atoms with Crippen LogP contribution in [-0.4, -0.2) is 45.7 Å². The van der Waals surface area contributed by atoms with Gasteiger partial charge >= 0.3 is 5.97 Å². The number of carbonyl (C=O) groups is 1. The average molecular weight is 443 g/mol. The summed E-state index contributed by atoms with van der Waals surface area (Å²) in [4.78, 5) is 17.4. The van der Waals surface area contributed by atoms with Crippen LogP contribution in [0.2, 0.25) is 0 Å². The zero-order valence-electron chi connectivity index (χ0n) is 18.8. The first kappa shape index (κ1) is 24.3. The number of nitrogens with zero attached hydrogens (tertiary/aromatic N) is 2. The topological polar surface area (TPSA) is 73.7 Å². The Bertz CT molecular complexity index is 823. The molecule has 1 fully saturated rings. The highest BCUT2D eigenvalue weighted by atomic mass is 19.1. The number of unbranched alkanes of at least 4 members (excludes halogenated alkanes) is 5. The summed E-state index contributed by atoms with van der Waals surface area (Å²) >= 11 is 0. The summed E-state index contributed by atoms with van der Waals surface area (Å²) in [6.07, 6.45) is 10.0. The van der Waals surface area contributed by atoms with Crippen LogP contribution in [0.3, 0.4) is 0 Å². The molecule has 5 nitrogen and oxygen atoms in total. The normalized spacial score (nSPS) is 17.2. The molecule has 1 aromatic carbocycles. The molecule has 1 atom stereocenters. The Hall–Kier alpha value is -2.31. The van der Waals surface area contributed by atoms with Gasteiger partial charge in [-0.2, -0.15) is 0 Å². The highest BCUT2D eigenvalue weighted by Crippen LogP contribution is 2.41. The molecular weight excluding hydrogens is 407 g/mol. The van der Waals surface area contributed by atoms with E-state index in [0.29, 0.717) is 11.3 Å². The molecule has 0 saturated carbocycles. The molecular formula is C26H35FN2O3. The number of carboxylic acid groups (broad SMARTS) is 1. The van der Waals surface area contributed by atoms with Gasteiger partial charge in [-0.1, -0.05) is 43.9 Å². The van der Waals surface area contributed by atoms with Crippen molar-refractivity contribution in [1.29, 1.82) is 0 Å². The second-order valence-electron chi connectivity index (χ2n) is 8.87. The van der Waals surface area contributed by atoms with E-state index in [9.17, 15) is 14.3 Å². The van der Waals surface area contributed by atoms with Crippen molar-refractivity contribution in [3.63, 3.8) is 0 Å². The highest BCUT2D eigenvalue weighted by molar-refractivity contribution is 5.66. The van der Waals surface area contributed by atoms with Crippen LogP contribution in [-0.2, 0) is 10.4 Å². The van der Waals surface area contributed by atoms with Gasteiger partial charge in [-0.15, -0.1) is 0 Å². The lowest BCUT2D eigenvalue weighted by atomic mass is 9.74. The monoisotopic (exact) mass is 442 g/mol. The number of rotatable bonds is 12. The van der Waals surface area contributed by atoms with Crippen LogP contribution >= 0.6 is 0 Å². The first-order valence-corrected chi connectivity index (χ1v) is 11.8. The summed E-state index contributed by atoms with van der Waals surface area (Å²) in [5.41, 5.74) is 0.0868. The van der Waals surface area contributed by atoms with E-state index < -0.39 is 11.6 Å². The van der Waals surface area contributed by atoms with Crippen molar-refractivity contribution in [2.75, 3.05) is 19.6 Å². The van der Waals surface area contributed by atoms with Crippen LogP contribution in [0.1, 0.15) is 69.0 Å². The Balaban J connectivity index is 1.49. The maximum Gasteiger partial charge on any atom is 0.303 e. The lowest BCUT2D eigenvalue weighted by molar-refractivity contribution is -0.137. The standard InChI is InChI=1S/C26H35FN2O3/c27-23-13-11-21(12-14-23)26(32,24-9-6-7-17-28-24)22-15-19-29(20-16-22)18-8-4-2-1-3-5-10-25(30)31/h6-7,9,11-14,17,22,32H,1-5,8,10,15-16,18-20H2,(H,30,31). The Kier molecular flexibility index (Phi) is 9.18. The predicted molar refractivity (Wildman–Crippen MR) is 123 cm³/mol. The largest absolute Gasteiger partial charge is 0.481 e. The molecule has 0 bridgehead atoms. The van der Waals surface area contributed by atoms with Crippen molar-refractivity contribution in [3.05, 3.63) is 65.7 Å². The van der Waals surface area contributed by atoms with E-state index in [-0.39, 0.29) is 18.2 Å². The summed E-state index contributed by atoms with van der Waals surface area (Å²) in [5.74, 6) is -0.995. The van der Waals surface area contributed by atoms with Crippen LogP contribution in [0.5, 0.6) is 0 Å². The molecule has 3 rings (SSSR count). The number of piperidine rings is 1. The number of carboxylic acids is 1. The molecule has 1 aliphatic rings. The molecule has 2 heterocycles. The molecule has 0 aliphatic carbocycles. The van der Waals surface area contributed by atoms with Crippen molar-refractivity contribution in [2.24, 2.45) is 5.92 Å². The van der Waals surface area contributed by atoms with E-state index in [1.807, 2.05) is 18.2 Å². The molecule has 6 heteroatoms. The SMILES string of the molecule is O=C(O)CCCCCCCCN1CCC(C(O)(c2ccc(F)cc2)c2ccccn2)CC1. The molecule has 174 valence electrons. The smallest absolute Gasteiger partial charge is 0.303 e. The van der Waals surface area contributed by atoms with Gasteiger partial charge in [0.2, 0.25) is 0 Å². The zero-order chi connectivity index (χ0) is 22.8. The third kappa shape index (κ3) is 6.59. The average Bonchev–Trinajstić information content (AvgIpc) is 2.81. The van der Waals surface area contributed by atoms with Crippen LogP contribution < -0.4 is 0 Å². The lowest BCUT2D eigenvalue weighted by Gasteiger charge is -2.41. The number of halogens is 1. The maximum atomic E-state index is 13.5. The van der Waals surface area contributed by atoms with E-state index in [4.69, 9.17) is 5.11 Å². The van der Waals surface area contributed by atoms with Gasteiger partial charge in [-0.05, 0) is 75.1 Å². The maximum absolute atomic E-state index is 13.5. The minimum atomic E-state index is -1.23. The summed E-state index contributed by atoms with van der Waals surface area (Å²) in [6, 6.07) is 11.7. The fraction of sp³-hybridized carbons (Fsp3) is 0.538. The van der Waals surface area contributed by atoms with Gasteiger partial charge in [-0.3, -0.25) is 9.78 Å². The molecule has 2 N–H and O–H groups in total. The quantitative estimate of drug-likeness (QED) is 0.453. The van der Waals surface area contributed by atoms with Gasteiger partial charge in [0.05, 0.1) is 5.69 Å². The number of hydrogen-bond acceptors (Lipinski definition) is 4. The van der Waals surface area contributed by atoms with E-state index >= 15 is 0 Å². The van der Waals surface area contributed by atoms with Crippen molar-refractivity contribution in [1.82, 2.24) is 9.88 Å². The van der Waals surface area contributed by atoms with Gasteiger partial charge in [0, 0.05) is 18.5 Å². The summed E-state index contributed by atoms with van der Waals surface area (Å²) < 4.78 is 13.5. The molecule has 1 aromatic heterocycles. The number of benzene rings is 1. The Labute approximate surface area is 190 Å². The molecule has 0 radical (unpaired) electrons. The number of aliphatic hydroxyl groups is 1. The molecule has 32 heavy (non-hydrogen) atoms. The molecule has 0 amide bonds. The third-order valence-corrected chi connectivity index (χ3v) is 6.63. The van der Waals surface area contributed by atoms with Crippen LogP contribution in [0.15, 0.2) is 48.7 Å². The first-order chi connectivity index (χ1) is 15.5. The second kappa shape index (κ2) is 12.1. The minimum absolute atomic E-state index is 0.0216. The molecule has 1 unspecified atom stereocenters. The summed E-state index contributed by atoms with van der Waals surface area (Å²) in [6.45, 7) is 2.92. The lowest BCUT2D eigenvalue weighted by Crippen LogP contribution is -2.44. The predicted octanol–water partition coefficient (Wildman–Crippen LogP) is 4.98. The minimum Gasteiger partial charge on any atom is -0.481 e. The number of aliphatic carboxylic acids is 1. The van der Waals surface area contributed by atoms with Crippen molar-refractivity contribution in [3.8, 4) is 0 Å². The highest BCUT2D eigenvalue weighted by Gasteiger charge is 2.42. The molecule has 1 aliphatic heterocycles. The number of hydrogen-bond donors (Lipinski definition) is 2. The third-order valence-electron chi connectivity index (χ3n) is 6.63. The number of aromatic nitrogens is 1. The van der Waals surface area contributed by atoms with Crippen LogP contribution in [0, 0.1) is 11.7 Å². The van der Waals surface area contributed by atoms with E-state index in [1.54, 1.807) is 18.3 Å². The van der Waals surface area contributed by atoms with Crippen LogP contribution in [0.25, 0.3) is 0 Å². The van der Waals surface area contributed by atoms with Gasteiger partial charge < -0.3 is 15.1 Å². The van der Waals surface area contributed by atoms with Gasteiger partial charge in [0.15, 0.2) is 0 Å². The Morgan fingerprint density at radius 2 is 1.66 bits per heavy atom. The molecule has 2 aromatic rings. The number of pyridine rings is 1. The second-order valence-corrected chi connectivity index (χ2v) is 8.87. The fourth-order valence-electron chi connectivity index (χ4n) is 4.78. The zero-order valence-corrected chi connectivity index (χ0v) is 18.8. The first-order valence-electron chi connectivity index (χ1n) is 11.8. The fourth-order valence-corrected chi connectivity index (χ4v) is 4.78. The van der Waals surface area contributed by atoms with Crippen molar-refractivity contribution < 1.29 is 19.4 Å². The van der Waals surface area contributed by atoms with Crippen molar-refractivity contribution >= 4 is 5.97 Å². The van der Waals surface area contributed by atoms with E-state index in [2.05, 4.69) is 9.88 Å². The molecule has 1 saturated heterocycles. The van der Waals surface area contributed by atoms with Gasteiger partial charge in [0.1, 0.15) is 11.4 Å². The molecule has 0 spiro atoms. The van der Waals surface area contributed by atoms with Crippen LogP contribution in [0.4, 0.5) is 4.39 Å². The summed E-state index contributed by atoms with van der Waals surface area (Å²) in [7, 11) is 0. The van der Waals surface area contributed by atoms with E-state index in [0.717, 1.165) is 64.6 Å². The van der Waals surface area contributed by atoms with E-state index in [1.165, 1.54) is 18.6 Å². The number of likely N-dealkylation sites (tertiary alicyclic amines) is 1. The van der Waals surface area contributed by atoms with Gasteiger partial charge in [0.25, 0.3) is 0 Å².